The zero-order chi connectivity index (χ0) is 16.3. The van der Waals surface area contributed by atoms with E-state index in [-0.39, 0.29) is 24.2 Å². The fourth-order valence-corrected chi connectivity index (χ4v) is 2.59. The lowest BCUT2D eigenvalue weighted by molar-refractivity contribution is 0.0520. The highest BCUT2D eigenvalue weighted by molar-refractivity contribution is 7.14. The highest BCUT2D eigenvalue weighted by atomic mass is 32.1. The molecule has 1 amide bonds. The van der Waals surface area contributed by atoms with E-state index in [1.807, 2.05) is 20.8 Å². The number of esters is 1. The first kappa shape index (κ1) is 16.2. The van der Waals surface area contributed by atoms with Crippen LogP contribution in [0.3, 0.4) is 0 Å². The Kier molecular flexibility index (Phi) is 4.92. The maximum Gasteiger partial charge on any atom is 0.357 e. The van der Waals surface area contributed by atoms with Gasteiger partial charge in [0, 0.05) is 17.1 Å². The zero-order valence-corrected chi connectivity index (χ0v) is 13.7. The van der Waals surface area contributed by atoms with E-state index in [0.717, 1.165) is 5.69 Å². The van der Waals surface area contributed by atoms with Gasteiger partial charge in [0.05, 0.1) is 6.61 Å². The molecule has 22 heavy (non-hydrogen) atoms. The van der Waals surface area contributed by atoms with Crippen molar-refractivity contribution >= 4 is 28.3 Å². The van der Waals surface area contributed by atoms with Crippen LogP contribution in [-0.4, -0.2) is 33.2 Å². The Balaban J connectivity index is 2.09. The lowest BCUT2D eigenvalue weighted by Crippen LogP contribution is -2.14. The Morgan fingerprint density at radius 3 is 2.73 bits per heavy atom. The Morgan fingerprint density at radius 1 is 1.41 bits per heavy atom. The number of carbonyl (C=O) groups excluding carboxylic acids is 2. The van der Waals surface area contributed by atoms with Gasteiger partial charge in [-0.15, -0.1) is 11.3 Å². The molecule has 0 fully saturated rings. The van der Waals surface area contributed by atoms with Gasteiger partial charge in [-0.2, -0.15) is 5.10 Å². The minimum Gasteiger partial charge on any atom is -0.461 e. The molecular weight excluding hydrogens is 304 g/mol. The number of amides is 1. The molecule has 0 bridgehead atoms. The van der Waals surface area contributed by atoms with Crippen LogP contribution in [0.25, 0.3) is 0 Å². The molecule has 0 saturated heterocycles. The maximum absolute atomic E-state index is 12.2. The molecule has 0 atom stereocenters. The summed E-state index contributed by atoms with van der Waals surface area (Å²) in [6, 6.07) is 1.90. The number of nitrogens with zero attached hydrogens (tertiary/aromatic N) is 3. The Bertz CT molecular complexity index is 690. The first-order valence-corrected chi connectivity index (χ1v) is 7.80. The number of anilines is 1. The van der Waals surface area contributed by atoms with Crippen molar-refractivity contribution in [2.24, 2.45) is 0 Å². The van der Waals surface area contributed by atoms with Crippen molar-refractivity contribution in [1.29, 1.82) is 0 Å². The molecule has 0 radical (unpaired) electrons. The molecule has 2 aromatic heterocycles. The Morgan fingerprint density at radius 2 is 2.14 bits per heavy atom. The van der Waals surface area contributed by atoms with Crippen molar-refractivity contribution in [1.82, 2.24) is 14.8 Å². The van der Waals surface area contributed by atoms with E-state index in [4.69, 9.17) is 4.74 Å². The van der Waals surface area contributed by atoms with Crippen molar-refractivity contribution in [3.63, 3.8) is 0 Å². The lowest BCUT2D eigenvalue weighted by Gasteiger charge is -2.06. The summed E-state index contributed by atoms with van der Waals surface area (Å²) in [4.78, 5) is 27.7. The van der Waals surface area contributed by atoms with Crippen molar-refractivity contribution in [3.8, 4) is 0 Å². The van der Waals surface area contributed by atoms with E-state index < -0.39 is 5.97 Å². The van der Waals surface area contributed by atoms with E-state index in [1.54, 1.807) is 23.1 Å². The molecule has 0 spiro atoms. The number of thiazole rings is 1. The third kappa shape index (κ3) is 3.51. The van der Waals surface area contributed by atoms with Gasteiger partial charge >= 0.3 is 5.97 Å². The fraction of sp³-hybridized carbons (Fsp3) is 0.429. The van der Waals surface area contributed by atoms with Crippen LogP contribution in [0.4, 0.5) is 5.13 Å². The van der Waals surface area contributed by atoms with E-state index >= 15 is 0 Å². The normalized spacial score (nSPS) is 10.8. The molecule has 0 aromatic carbocycles. The van der Waals surface area contributed by atoms with Gasteiger partial charge in [0.2, 0.25) is 0 Å². The molecule has 118 valence electrons. The third-order valence-electron chi connectivity index (χ3n) is 2.85. The van der Waals surface area contributed by atoms with Gasteiger partial charge in [-0.05, 0) is 33.8 Å². The topological polar surface area (TPSA) is 86.1 Å². The van der Waals surface area contributed by atoms with Crippen molar-refractivity contribution in [2.75, 3.05) is 11.9 Å². The fourth-order valence-electron chi connectivity index (χ4n) is 1.91. The molecule has 2 heterocycles. The van der Waals surface area contributed by atoms with Crippen LogP contribution < -0.4 is 5.32 Å². The monoisotopic (exact) mass is 322 g/mol. The number of aryl methyl sites for hydroxylation is 1. The van der Waals surface area contributed by atoms with E-state index in [1.165, 1.54) is 11.3 Å². The summed E-state index contributed by atoms with van der Waals surface area (Å²) in [5.41, 5.74) is 1.41. The second kappa shape index (κ2) is 6.69. The SMILES string of the molecule is CCOC(=O)c1csc(NC(=O)c2cc(C)n(C(C)C)n2)n1. The summed E-state index contributed by atoms with van der Waals surface area (Å²) in [5.74, 6) is -0.855. The van der Waals surface area contributed by atoms with Crippen LogP contribution in [-0.2, 0) is 4.74 Å². The van der Waals surface area contributed by atoms with Crippen LogP contribution in [0.2, 0.25) is 0 Å². The van der Waals surface area contributed by atoms with Gasteiger partial charge < -0.3 is 4.74 Å². The van der Waals surface area contributed by atoms with Gasteiger partial charge in [-0.1, -0.05) is 0 Å². The number of nitrogens with one attached hydrogen (secondary N) is 1. The van der Waals surface area contributed by atoms with Crippen LogP contribution >= 0.6 is 11.3 Å². The third-order valence-corrected chi connectivity index (χ3v) is 3.61. The molecule has 1 N–H and O–H groups in total. The van der Waals surface area contributed by atoms with Gasteiger partial charge in [-0.25, -0.2) is 9.78 Å². The molecule has 2 aromatic rings. The smallest absolute Gasteiger partial charge is 0.357 e. The van der Waals surface area contributed by atoms with Crippen LogP contribution in [0.15, 0.2) is 11.4 Å². The average molecular weight is 322 g/mol. The van der Waals surface area contributed by atoms with Gasteiger partial charge in [0.15, 0.2) is 16.5 Å². The Labute approximate surface area is 132 Å². The van der Waals surface area contributed by atoms with Crippen LogP contribution in [0.1, 0.15) is 53.5 Å². The van der Waals surface area contributed by atoms with Crippen molar-refractivity contribution in [3.05, 3.63) is 28.5 Å². The zero-order valence-electron chi connectivity index (χ0n) is 12.9. The summed E-state index contributed by atoms with van der Waals surface area (Å²) >= 11 is 1.17. The molecule has 0 unspecified atom stereocenters. The first-order chi connectivity index (χ1) is 10.4. The number of rotatable bonds is 5. The predicted molar refractivity (Wildman–Crippen MR) is 83.4 cm³/mol. The van der Waals surface area contributed by atoms with Gasteiger partial charge in [0.25, 0.3) is 5.91 Å². The highest BCUT2D eigenvalue weighted by Gasteiger charge is 2.17. The van der Waals surface area contributed by atoms with Crippen LogP contribution in [0, 0.1) is 6.92 Å². The standard InChI is InChI=1S/C14H18N4O3S/c1-5-21-13(20)11-7-22-14(15-11)16-12(19)10-6-9(4)18(17-10)8(2)3/h6-8H,5H2,1-4H3,(H,15,16,19). The van der Waals surface area contributed by atoms with Gasteiger partial charge in [0.1, 0.15) is 0 Å². The minimum atomic E-state index is -0.501. The molecule has 7 nitrogen and oxygen atoms in total. The minimum absolute atomic E-state index is 0.178. The first-order valence-electron chi connectivity index (χ1n) is 6.92. The van der Waals surface area contributed by atoms with Crippen LogP contribution in [0.5, 0.6) is 0 Å². The van der Waals surface area contributed by atoms with Crippen molar-refractivity contribution < 1.29 is 14.3 Å². The second-order valence-electron chi connectivity index (χ2n) is 4.92. The quantitative estimate of drug-likeness (QED) is 0.855. The average Bonchev–Trinajstić information content (AvgIpc) is 3.05. The van der Waals surface area contributed by atoms with E-state index in [2.05, 4.69) is 15.4 Å². The van der Waals surface area contributed by atoms with E-state index in [0.29, 0.717) is 10.8 Å². The summed E-state index contributed by atoms with van der Waals surface area (Å²) in [6.07, 6.45) is 0. The number of carbonyl (C=O) groups is 2. The van der Waals surface area contributed by atoms with Gasteiger partial charge in [-0.3, -0.25) is 14.8 Å². The molecule has 0 aliphatic heterocycles. The molecule has 0 aliphatic carbocycles. The summed E-state index contributed by atoms with van der Waals surface area (Å²) in [6.45, 7) is 7.89. The van der Waals surface area contributed by atoms with Crippen molar-refractivity contribution in [2.45, 2.75) is 33.7 Å². The number of hydrogen-bond donors (Lipinski definition) is 1. The Hall–Kier alpha value is -2.22. The number of ether oxygens (including phenoxy) is 1. The highest BCUT2D eigenvalue weighted by Crippen LogP contribution is 2.18. The molecule has 8 heteroatoms. The summed E-state index contributed by atoms with van der Waals surface area (Å²) in [5, 5.41) is 8.79. The van der Waals surface area contributed by atoms with E-state index in [9.17, 15) is 9.59 Å². The second-order valence-corrected chi connectivity index (χ2v) is 5.78. The molecule has 0 aliphatic rings. The molecule has 2 rings (SSSR count). The summed E-state index contributed by atoms with van der Waals surface area (Å²) < 4.78 is 6.63. The molecular formula is C14H18N4O3S. The predicted octanol–water partition coefficient (Wildman–Crippen LogP) is 2.66. The number of hydrogen-bond acceptors (Lipinski definition) is 6. The summed E-state index contributed by atoms with van der Waals surface area (Å²) in [7, 11) is 0. The largest absolute Gasteiger partial charge is 0.461 e. The molecule has 0 saturated carbocycles. The maximum atomic E-state index is 12.2. The number of aromatic nitrogens is 3. The lowest BCUT2D eigenvalue weighted by atomic mass is 10.3.